The van der Waals surface area contributed by atoms with E-state index in [9.17, 15) is 13.2 Å². The van der Waals surface area contributed by atoms with E-state index in [4.69, 9.17) is 9.47 Å². The van der Waals surface area contributed by atoms with Crippen molar-refractivity contribution < 1.29 is 22.6 Å². The van der Waals surface area contributed by atoms with Crippen LogP contribution in [0.25, 0.3) is 5.57 Å². The summed E-state index contributed by atoms with van der Waals surface area (Å²) in [5, 5.41) is 0. The summed E-state index contributed by atoms with van der Waals surface area (Å²) in [5.41, 5.74) is 1.78. The molecule has 0 N–H and O–H groups in total. The van der Waals surface area contributed by atoms with E-state index in [2.05, 4.69) is 19.7 Å². The van der Waals surface area contributed by atoms with Crippen LogP contribution in [0.1, 0.15) is 18.5 Å². The Labute approximate surface area is 131 Å². The van der Waals surface area contributed by atoms with Gasteiger partial charge in [-0.15, -0.1) is 4.37 Å². The van der Waals surface area contributed by atoms with Gasteiger partial charge in [0.25, 0.3) is 5.88 Å². The lowest BCUT2D eigenvalue weighted by molar-refractivity contribution is -0.145. The molecule has 2 rings (SSSR count). The molecule has 5 nitrogen and oxygen atoms in total. The molecule has 0 amide bonds. The third-order valence-corrected chi connectivity index (χ3v) is 3.61. The number of halogens is 3. The second-order valence-corrected chi connectivity index (χ2v) is 5.53. The number of alkyl halides is 3. The maximum atomic E-state index is 11.9. The average molecular weight is 337 g/mol. The van der Waals surface area contributed by atoms with Crippen LogP contribution < -0.4 is 4.74 Å². The van der Waals surface area contributed by atoms with Crippen molar-refractivity contribution in [1.29, 1.82) is 0 Å². The van der Waals surface area contributed by atoms with Crippen molar-refractivity contribution in [2.45, 2.75) is 19.0 Å². The van der Waals surface area contributed by atoms with Gasteiger partial charge in [-0.1, -0.05) is 6.08 Å². The molecule has 0 bridgehead atoms. The third kappa shape index (κ3) is 5.54. The van der Waals surface area contributed by atoms with Crippen molar-refractivity contribution in [3.05, 3.63) is 11.8 Å². The second-order valence-electron chi connectivity index (χ2n) is 5.00. The van der Waals surface area contributed by atoms with Gasteiger partial charge in [0.1, 0.15) is 12.3 Å². The quantitative estimate of drug-likeness (QED) is 0.716. The van der Waals surface area contributed by atoms with Gasteiger partial charge in [-0.2, -0.15) is 17.5 Å². The van der Waals surface area contributed by atoms with Gasteiger partial charge < -0.3 is 14.4 Å². The minimum Gasteiger partial charge on any atom is -0.473 e. The molecular weight excluding hydrogens is 319 g/mol. The number of hydrogen-bond donors (Lipinski definition) is 0. The topological polar surface area (TPSA) is 47.5 Å². The van der Waals surface area contributed by atoms with Gasteiger partial charge in [-0.05, 0) is 19.0 Å². The van der Waals surface area contributed by atoms with Crippen LogP contribution in [0, 0.1) is 0 Å². The molecule has 0 unspecified atom stereocenters. The molecule has 0 spiro atoms. The van der Waals surface area contributed by atoms with Crippen molar-refractivity contribution in [2.75, 3.05) is 40.0 Å². The molecule has 0 atom stereocenters. The first-order chi connectivity index (χ1) is 10.5. The molecule has 0 saturated heterocycles. The molecule has 0 aliphatic carbocycles. The Morgan fingerprint density at radius 1 is 1.27 bits per heavy atom. The zero-order valence-corrected chi connectivity index (χ0v) is 13.0. The van der Waals surface area contributed by atoms with Gasteiger partial charge in [-0.3, -0.25) is 0 Å². The summed E-state index contributed by atoms with van der Waals surface area (Å²) in [6.07, 6.45) is -2.07. The van der Waals surface area contributed by atoms with E-state index >= 15 is 0 Å². The molecular formula is C13H18F3N3O2S. The predicted molar refractivity (Wildman–Crippen MR) is 77.0 cm³/mol. The van der Waals surface area contributed by atoms with E-state index in [0.29, 0.717) is 11.6 Å². The van der Waals surface area contributed by atoms with E-state index in [0.717, 1.165) is 36.8 Å². The van der Waals surface area contributed by atoms with Gasteiger partial charge >= 0.3 is 6.18 Å². The van der Waals surface area contributed by atoms with E-state index in [1.807, 2.05) is 7.05 Å². The molecule has 0 radical (unpaired) electrons. The van der Waals surface area contributed by atoms with Crippen molar-refractivity contribution in [1.82, 2.24) is 13.6 Å². The Morgan fingerprint density at radius 3 is 2.82 bits per heavy atom. The van der Waals surface area contributed by atoms with Crippen LogP contribution in [0.4, 0.5) is 13.2 Å². The maximum Gasteiger partial charge on any atom is 0.391 e. The van der Waals surface area contributed by atoms with Crippen LogP contribution in [0.2, 0.25) is 0 Å². The molecule has 1 aromatic rings. The van der Waals surface area contributed by atoms with Crippen molar-refractivity contribution in [3.63, 3.8) is 0 Å². The first-order valence-corrected chi connectivity index (χ1v) is 7.66. The number of ether oxygens (including phenoxy) is 2. The second kappa shape index (κ2) is 7.89. The van der Waals surface area contributed by atoms with Crippen LogP contribution in [0.3, 0.4) is 0 Å². The highest BCUT2D eigenvalue weighted by molar-refractivity contribution is 6.99. The molecule has 124 valence electrons. The van der Waals surface area contributed by atoms with Gasteiger partial charge in [0.05, 0.1) is 31.4 Å². The van der Waals surface area contributed by atoms with Crippen LogP contribution >= 0.6 is 11.7 Å². The van der Waals surface area contributed by atoms with Crippen LogP contribution in [0.15, 0.2) is 6.08 Å². The molecule has 1 aromatic heterocycles. The Balaban J connectivity index is 1.75. The minimum atomic E-state index is -4.19. The lowest BCUT2D eigenvalue weighted by atomic mass is 10.1. The zero-order chi connectivity index (χ0) is 16.0. The van der Waals surface area contributed by atoms with Crippen LogP contribution in [-0.2, 0) is 4.74 Å². The Bertz CT molecular complexity index is 505. The monoisotopic (exact) mass is 337 g/mol. The fourth-order valence-electron chi connectivity index (χ4n) is 2.02. The minimum absolute atomic E-state index is 0.0893. The highest BCUT2D eigenvalue weighted by Gasteiger charge is 2.26. The summed E-state index contributed by atoms with van der Waals surface area (Å²) in [6, 6.07) is 0. The first kappa shape index (κ1) is 17.2. The molecule has 1 aliphatic rings. The first-order valence-electron chi connectivity index (χ1n) is 6.93. The number of nitrogens with zero attached hydrogens (tertiary/aromatic N) is 3. The number of hydrogen-bond acceptors (Lipinski definition) is 6. The van der Waals surface area contributed by atoms with Crippen molar-refractivity contribution >= 4 is 17.3 Å². The molecule has 2 heterocycles. The predicted octanol–water partition coefficient (Wildman–Crippen LogP) is 2.60. The van der Waals surface area contributed by atoms with E-state index in [1.165, 1.54) is 0 Å². The third-order valence-electron chi connectivity index (χ3n) is 3.10. The molecule has 1 aliphatic heterocycles. The largest absolute Gasteiger partial charge is 0.473 e. The normalized spacial score (nSPS) is 16.6. The molecule has 22 heavy (non-hydrogen) atoms. The Hall–Kier alpha value is -1.19. The summed E-state index contributed by atoms with van der Waals surface area (Å²) >= 11 is 1.06. The number of rotatable bonds is 7. The summed E-state index contributed by atoms with van der Waals surface area (Å²) in [5.74, 6) is 0.422. The summed E-state index contributed by atoms with van der Waals surface area (Å²) in [4.78, 5) is 2.18. The van der Waals surface area contributed by atoms with Gasteiger partial charge in [0.2, 0.25) is 0 Å². The average Bonchev–Trinajstić information content (AvgIpc) is 2.90. The van der Waals surface area contributed by atoms with E-state index < -0.39 is 12.6 Å². The van der Waals surface area contributed by atoms with Gasteiger partial charge in [0, 0.05) is 13.1 Å². The van der Waals surface area contributed by atoms with E-state index in [-0.39, 0.29) is 19.8 Å². The highest BCUT2D eigenvalue weighted by Crippen LogP contribution is 2.26. The number of aromatic nitrogens is 2. The van der Waals surface area contributed by atoms with Gasteiger partial charge in [0.15, 0.2) is 0 Å². The highest BCUT2D eigenvalue weighted by atomic mass is 32.1. The molecule has 0 aromatic carbocycles. The Kier molecular flexibility index (Phi) is 6.16. The zero-order valence-electron chi connectivity index (χ0n) is 12.2. The summed E-state index contributed by atoms with van der Waals surface area (Å²) in [6.45, 7) is 1.67. The standard InChI is InChI=1S/C13H18F3N3O2S/c1-19-5-2-3-10(9-19)11-12(18-22-17-11)21-8-7-20-6-4-13(14,15)16/h3H,2,4-9H2,1H3. The Morgan fingerprint density at radius 2 is 2.09 bits per heavy atom. The van der Waals surface area contributed by atoms with Crippen LogP contribution in [0.5, 0.6) is 5.88 Å². The SMILES string of the molecule is CN1CCC=C(c2nsnc2OCCOCCC(F)(F)F)C1. The fraction of sp³-hybridized carbons (Fsp3) is 0.692. The van der Waals surface area contributed by atoms with E-state index in [1.54, 1.807) is 0 Å². The lowest BCUT2D eigenvalue weighted by Gasteiger charge is -2.22. The smallest absolute Gasteiger partial charge is 0.391 e. The van der Waals surface area contributed by atoms with Crippen LogP contribution in [-0.4, -0.2) is 59.8 Å². The van der Waals surface area contributed by atoms with Gasteiger partial charge in [-0.25, -0.2) is 0 Å². The molecule has 9 heteroatoms. The van der Waals surface area contributed by atoms with Crippen molar-refractivity contribution in [2.24, 2.45) is 0 Å². The molecule has 0 fully saturated rings. The summed E-state index contributed by atoms with van der Waals surface area (Å²) in [7, 11) is 2.03. The number of likely N-dealkylation sites (N-methyl/N-ethyl adjacent to an activating group) is 1. The fourth-order valence-corrected chi connectivity index (χ4v) is 2.55. The van der Waals surface area contributed by atoms with Crippen molar-refractivity contribution in [3.8, 4) is 5.88 Å². The lowest BCUT2D eigenvalue weighted by Crippen LogP contribution is -2.25. The maximum absolute atomic E-state index is 11.9. The molecule has 0 saturated carbocycles. The summed E-state index contributed by atoms with van der Waals surface area (Å²) < 4.78 is 54.5.